The zero-order valence-electron chi connectivity index (χ0n) is 11.8. The fraction of sp³-hybridized carbons (Fsp3) is 0.533. The van der Waals surface area contributed by atoms with Crippen LogP contribution in [0.2, 0.25) is 0 Å². The van der Waals surface area contributed by atoms with Crippen LogP contribution >= 0.6 is 0 Å². The number of carbonyl (C=O) groups excluding carboxylic acids is 1. The highest BCUT2D eigenvalue weighted by Crippen LogP contribution is 2.25. The van der Waals surface area contributed by atoms with Gasteiger partial charge in [-0.3, -0.25) is 4.79 Å². The van der Waals surface area contributed by atoms with Gasteiger partial charge in [0.25, 0.3) is 0 Å². The van der Waals surface area contributed by atoms with E-state index in [9.17, 15) is 9.90 Å². The summed E-state index contributed by atoms with van der Waals surface area (Å²) in [5.74, 6) is 0.587. The third-order valence-electron chi connectivity index (χ3n) is 3.30. The predicted octanol–water partition coefficient (Wildman–Crippen LogP) is 2.30. The van der Waals surface area contributed by atoms with E-state index in [4.69, 9.17) is 9.47 Å². The van der Waals surface area contributed by atoms with Crippen molar-refractivity contribution in [1.82, 2.24) is 0 Å². The minimum Gasteiger partial charge on any atom is -0.465 e. The van der Waals surface area contributed by atoms with Gasteiger partial charge in [-0.2, -0.15) is 0 Å². The van der Waals surface area contributed by atoms with Crippen LogP contribution in [0.3, 0.4) is 0 Å². The molecule has 0 radical (unpaired) electrons. The van der Waals surface area contributed by atoms with Gasteiger partial charge in [0.1, 0.15) is 5.75 Å². The minimum atomic E-state index is -0.401. The average Bonchev–Trinajstić information content (AvgIpc) is 2.42. The summed E-state index contributed by atoms with van der Waals surface area (Å²) in [7, 11) is 0. The molecule has 1 saturated heterocycles. The van der Waals surface area contributed by atoms with Crippen LogP contribution in [0.1, 0.15) is 33.1 Å². The van der Waals surface area contributed by atoms with E-state index in [0.29, 0.717) is 18.6 Å². The normalized spacial score (nSPS) is 26.1. The van der Waals surface area contributed by atoms with Crippen molar-refractivity contribution in [2.24, 2.45) is 0 Å². The molecule has 1 fully saturated rings. The third-order valence-corrected chi connectivity index (χ3v) is 3.30. The maximum absolute atomic E-state index is 10.9. The van der Waals surface area contributed by atoms with Crippen molar-refractivity contribution >= 4 is 11.6 Å². The molecule has 5 nitrogen and oxygen atoms in total. The summed E-state index contributed by atoms with van der Waals surface area (Å²) in [4.78, 5) is 10.9. The smallest absolute Gasteiger partial charge is 0.221 e. The Balaban J connectivity index is 1.91. The molecule has 110 valence electrons. The van der Waals surface area contributed by atoms with Gasteiger partial charge in [0.15, 0.2) is 6.29 Å². The Morgan fingerprint density at radius 2 is 2.10 bits per heavy atom. The highest BCUT2D eigenvalue weighted by Gasteiger charge is 2.29. The molecule has 1 aromatic rings. The van der Waals surface area contributed by atoms with E-state index in [-0.39, 0.29) is 18.3 Å². The van der Waals surface area contributed by atoms with Crippen LogP contribution in [0.4, 0.5) is 5.69 Å². The summed E-state index contributed by atoms with van der Waals surface area (Å²) in [6.45, 7) is 3.45. The Kier molecular flexibility index (Phi) is 4.98. The zero-order chi connectivity index (χ0) is 14.5. The molecule has 1 aromatic carbocycles. The number of carbonyl (C=O) groups is 1. The summed E-state index contributed by atoms with van der Waals surface area (Å²) in [6, 6.07) is 7.15. The molecular weight excluding hydrogens is 258 g/mol. The fourth-order valence-corrected chi connectivity index (χ4v) is 2.27. The van der Waals surface area contributed by atoms with Crippen LogP contribution in [-0.4, -0.2) is 29.5 Å². The molecule has 2 rings (SSSR count). The number of aliphatic hydroxyl groups is 1. The van der Waals surface area contributed by atoms with Crippen molar-refractivity contribution < 1.29 is 19.4 Å². The molecule has 1 amide bonds. The second-order valence-electron chi connectivity index (χ2n) is 4.98. The number of aliphatic hydroxyl groups excluding tert-OH is 1. The Labute approximate surface area is 118 Å². The highest BCUT2D eigenvalue weighted by molar-refractivity contribution is 5.88. The van der Waals surface area contributed by atoms with Crippen LogP contribution in [0.15, 0.2) is 24.3 Å². The Morgan fingerprint density at radius 3 is 2.70 bits per heavy atom. The standard InChI is InChI=1S/C15H21NO4/c1-3-14-13(18)8-9-15(20-14)19-12-6-4-11(5-7-12)16-10(2)17/h4-7,13-15,18H,3,8-9H2,1-2H3,(H,16,17)/t13?,14-,15+/m1/s1. The van der Waals surface area contributed by atoms with Crippen molar-refractivity contribution in [2.45, 2.75) is 51.6 Å². The van der Waals surface area contributed by atoms with E-state index in [1.807, 2.05) is 6.92 Å². The summed E-state index contributed by atoms with van der Waals surface area (Å²) in [5, 5.41) is 12.5. The molecular formula is C15H21NO4. The van der Waals surface area contributed by atoms with Crippen LogP contribution in [0, 0.1) is 0 Å². The third kappa shape index (κ3) is 3.95. The molecule has 3 atom stereocenters. The lowest BCUT2D eigenvalue weighted by molar-refractivity contribution is -0.186. The number of hydrogen-bond donors (Lipinski definition) is 2. The number of ether oxygens (including phenoxy) is 2. The molecule has 20 heavy (non-hydrogen) atoms. The van der Waals surface area contributed by atoms with Gasteiger partial charge in [-0.25, -0.2) is 0 Å². The first-order valence-corrected chi connectivity index (χ1v) is 6.96. The van der Waals surface area contributed by atoms with E-state index in [0.717, 1.165) is 12.1 Å². The van der Waals surface area contributed by atoms with Crippen molar-refractivity contribution in [3.05, 3.63) is 24.3 Å². The fourth-order valence-electron chi connectivity index (χ4n) is 2.27. The van der Waals surface area contributed by atoms with Crippen molar-refractivity contribution in [3.63, 3.8) is 0 Å². The Bertz CT molecular complexity index is 446. The number of benzene rings is 1. The lowest BCUT2D eigenvalue weighted by Gasteiger charge is -2.33. The highest BCUT2D eigenvalue weighted by atomic mass is 16.7. The maximum Gasteiger partial charge on any atom is 0.221 e. The van der Waals surface area contributed by atoms with Gasteiger partial charge >= 0.3 is 0 Å². The van der Waals surface area contributed by atoms with E-state index >= 15 is 0 Å². The summed E-state index contributed by atoms with van der Waals surface area (Å²) >= 11 is 0. The molecule has 1 aliphatic heterocycles. The zero-order valence-corrected chi connectivity index (χ0v) is 11.8. The average molecular weight is 279 g/mol. The van der Waals surface area contributed by atoms with Crippen LogP contribution in [0.5, 0.6) is 5.75 Å². The van der Waals surface area contributed by atoms with E-state index in [1.165, 1.54) is 6.92 Å². The van der Waals surface area contributed by atoms with Crippen molar-refractivity contribution in [3.8, 4) is 5.75 Å². The van der Waals surface area contributed by atoms with E-state index in [1.54, 1.807) is 24.3 Å². The lowest BCUT2D eigenvalue weighted by atomic mass is 10.0. The Morgan fingerprint density at radius 1 is 1.40 bits per heavy atom. The van der Waals surface area contributed by atoms with E-state index in [2.05, 4.69) is 5.32 Å². The van der Waals surface area contributed by atoms with Gasteiger partial charge in [-0.05, 0) is 37.1 Å². The van der Waals surface area contributed by atoms with Gasteiger partial charge < -0.3 is 19.9 Å². The van der Waals surface area contributed by atoms with Crippen molar-refractivity contribution in [1.29, 1.82) is 0 Å². The number of rotatable bonds is 4. The van der Waals surface area contributed by atoms with E-state index < -0.39 is 6.10 Å². The maximum atomic E-state index is 10.9. The molecule has 1 aliphatic rings. The second kappa shape index (κ2) is 6.72. The number of anilines is 1. The van der Waals surface area contributed by atoms with Gasteiger partial charge in [0.2, 0.25) is 5.91 Å². The van der Waals surface area contributed by atoms with Gasteiger partial charge in [-0.15, -0.1) is 0 Å². The van der Waals surface area contributed by atoms with Crippen molar-refractivity contribution in [2.75, 3.05) is 5.32 Å². The predicted molar refractivity (Wildman–Crippen MR) is 75.6 cm³/mol. The first kappa shape index (κ1) is 14.8. The quantitative estimate of drug-likeness (QED) is 0.887. The molecule has 0 bridgehead atoms. The Hall–Kier alpha value is -1.59. The number of hydrogen-bond acceptors (Lipinski definition) is 4. The summed E-state index contributed by atoms with van der Waals surface area (Å²) in [6.07, 6.45) is 1.24. The largest absolute Gasteiger partial charge is 0.465 e. The minimum absolute atomic E-state index is 0.103. The number of amides is 1. The van der Waals surface area contributed by atoms with Crippen LogP contribution in [-0.2, 0) is 9.53 Å². The summed E-state index contributed by atoms with van der Waals surface area (Å²) in [5.41, 5.74) is 0.733. The molecule has 0 aliphatic carbocycles. The molecule has 0 saturated carbocycles. The topological polar surface area (TPSA) is 67.8 Å². The molecule has 2 N–H and O–H groups in total. The molecule has 5 heteroatoms. The van der Waals surface area contributed by atoms with Gasteiger partial charge in [-0.1, -0.05) is 6.92 Å². The van der Waals surface area contributed by atoms with Gasteiger partial charge in [0, 0.05) is 19.0 Å². The monoisotopic (exact) mass is 279 g/mol. The summed E-state index contributed by atoms with van der Waals surface area (Å²) < 4.78 is 11.5. The van der Waals surface area contributed by atoms with Crippen LogP contribution in [0.25, 0.3) is 0 Å². The molecule has 0 spiro atoms. The SMILES string of the molecule is CC[C@H]1O[C@H](Oc2ccc(NC(C)=O)cc2)CCC1O. The molecule has 0 aromatic heterocycles. The first-order chi connectivity index (χ1) is 9.58. The van der Waals surface area contributed by atoms with Gasteiger partial charge in [0.05, 0.1) is 12.2 Å². The molecule has 1 heterocycles. The first-order valence-electron chi connectivity index (χ1n) is 6.96. The lowest BCUT2D eigenvalue weighted by Crippen LogP contribution is -2.40. The second-order valence-corrected chi connectivity index (χ2v) is 4.98. The number of nitrogens with one attached hydrogen (secondary N) is 1. The molecule has 1 unspecified atom stereocenters. The van der Waals surface area contributed by atoms with Crippen LogP contribution < -0.4 is 10.1 Å².